The largest absolute Gasteiger partial charge is 0.397 e. The van der Waals surface area contributed by atoms with Gasteiger partial charge in [-0.25, -0.2) is 4.39 Å². The zero-order valence-electron chi connectivity index (χ0n) is 8.85. The molecule has 1 amide bonds. The van der Waals surface area contributed by atoms with Crippen LogP contribution in [0, 0.1) is 5.82 Å². The summed E-state index contributed by atoms with van der Waals surface area (Å²) in [5, 5.41) is 2.60. The van der Waals surface area contributed by atoms with Gasteiger partial charge >= 0.3 is 0 Å². The van der Waals surface area contributed by atoms with Crippen molar-refractivity contribution in [3.05, 3.63) is 54.1 Å². The Bertz CT molecular complexity index is 543. The van der Waals surface area contributed by atoms with Crippen molar-refractivity contribution < 1.29 is 9.18 Å². The van der Waals surface area contributed by atoms with Crippen LogP contribution in [-0.2, 0) is 0 Å². The van der Waals surface area contributed by atoms with Gasteiger partial charge in [-0.3, -0.25) is 9.78 Å². The number of pyridine rings is 1. The van der Waals surface area contributed by atoms with Crippen LogP contribution in [0.2, 0.25) is 0 Å². The first-order chi connectivity index (χ1) is 8.16. The Morgan fingerprint density at radius 1 is 1.24 bits per heavy atom. The molecule has 17 heavy (non-hydrogen) atoms. The van der Waals surface area contributed by atoms with Crippen LogP contribution in [-0.4, -0.2) is 10.9 Å². The third-order valence-electron chi connectivity index (χ3n) is 2.20. The average molecular weight is 231 g/mol. The van der Waals surface area contributed by atoms with Crippen LogP contribution in [0.3, 0.4) is 0 Å². The molecule has 5 heteroatoms. The monoisotopic (exact) mass is 231 g/mol. The Kier molecular flexibility index (Phi) is 3.00. The second-order valence-electron chi connectivity index (χ2n) is 3.42. The number of hydrogen-bond acceptors (Lipinski definition) is 3. The predicted molar refractivity (Wildman–Crippen MR) is 63.0 cm³/mol. The van der Waals surface area contributed by atoms with Crippen LogP contribution in [0.5, 0.6) is 0 Å². The number of nitrogen functional groups attached to an aromatic ring is 1. The summed E-state index contributed by atoms with van der Waals surface area (Å²) in [6, 6.07) is 6.97. The number of hydrogen-bond donors (Lipinski definition) is 2. The molecule has 1 aromatic carbocycles. The molecule has 0 aliphatic heterocycles. The lowest BCUT2D eigenvalue weighted by Gasteiger charge is -2.07. The standard InChI is InChI=1S/C12H10FN3O/c13-9-1-2-11(10(14)7-9)16-12(17)8-3-5-15-6-4-8/h1-7H,14H2,(H,16,17). The van der Waals surface area contributed by atoms with Gasteiger partial charge in [0.1, 0.15) is 5.82 Å². The van der Waals surface area contributed by atoms with E-state index in [2.05, 4.69) is 10.3 Å². The Balaban J connectivity index is 2.19. The van der Waals surface area contributed by atoms with Gasteiger partial charge in [0.25, 0.3) is 5.91 Å². The Morgan fingerprint density at radius 3 is 2.59 bits per heavy atom. The molecule has 0 spiro atoms. The van der Waals surface area contributed by atoms with E-state index >= 15 is 0 Å². The summed E-state index contributed by atoms with van der Waals surface area (Å²) in [6.07, 6.45) is 3.03. The number of rotatable bonds is 2. The minimum absolute atomic E-state index is 0.187. The molecule has 4 nitrogen and oxygen atoms in total. The van der Waals surface area contributed by atoms with E-state index in [1.165, 1.54) is 24.5 Å². The molecule has 1 aromatic heterocycles. The number of aromatic nitrogens is 1. The van der Waals surface area contributed by atoms with Gasteiger partial charge in [0.05, 0.1) is 11.4 Å². The number of nitrogens with one attached hydrogen (secondary N) is 1. The van der Waals surface area contributed by atoms with Gasteiger partial charge in [-0.1, -0.05) is 0 Å². The Labute approximate surface area is 97.3 Å². The SMILES string of the molecule is Nc1cc(F)ccc1NC(=O)c1ccncc1. The molecule has 86 valence electrons. The first kappa shape index (κ1) is 11.1. The second-order valence-corrected chi connectivity index (χ2v) is 3.42. The smallest absolute Gasteiger partial charge is 0.255 e. The normalized spacial score (nSPS) is 9.94. The molecule has 1 heterocycles. The van der Waals surface area contributed by atoms with E-state index in [9.17, 15) is 9.18 Å². The van der Waals surface area contributed by atoms with Crippen molar-refractivity contribution in [3.8, 4) is 0 Å². The number of anilines is 2. The second kappa shape index (κ2) is 4.61. The number of nitrogens with zero attached hydrogens (tertiary/aromatic N) is 1. The topological polar surface area (TPSA) is 68.0 Å². The van der Waals surface area contributed by atoms with Crippen molar-refractivity contribution >= 4 is 17.3 Å². The summed E-state index contributed by atoms with van der Waals surface area (Å²) in [5.74, 6) is -0.755. The number of carbonyl (C=O) groups excluding carboxylic acids is 1. The lowest BCUT2D eigenvalue weighted by molar-refractivity contribution is 0.102. The van der Waals surface area contributed by atoms with Crippen molar-refractivity contribution in [1.29, 1.82) is 0 Å². The Morgan fingerprint density at radius 2 is 1.94 bits per heavy atom. The van der Waals surface area contributed by atoms with E-state index < -0.39 is 5.82 Å². The minimum atomic E-state index is -0.440. The highest BCUT2D eigenvalue weighted by atomic mass is 19.1. The van der Waals surface area contributed by atoms with Gasteiger partial charge in [-0.15, -0.1) is 0 Å². The molecule has 2 aromatic rings. The molecule has 0 atom stereocenters. The molecular formula is C12H10FN3O. The highest BCUT2D eigenvalue weighted by molar-refractivity contribution is 6.05. The quantitative estimate of drug-likeness (QED) is 0.777. The Hall–Kier alpha value is -2.43. The zero-order valence-corrected chi connectivity index (χ0v) is 8.85. The molecule has 3 N–H and O–H groups in total. The number of benzene rings is 1. The fraction of sp³-hybridized carbons (Fsp3) is 0. The maximum Gasteiger partial charge on any atom is 0.255 e. The highest BCUT2D eigenvalue weighted by Gasteiger charge is 2.07. The number of nitrogens with two attached hydrogens (primary N) is 1. The van der Waals surface area contributed by atoms with E-state index in [1.54, 1.807) is 12.1 Å². The van der Waals surface area contributed by atoms with Crippen molar-refractivity contribution in [1.82, 2.24) is 4.98 Å². The lowest BCUT2D eigenvalue weighted by Crippen LogP contribution is -2.13. The van der Waals surface area contributed by atoms with Gasteiger partial charge in [-0.05, 0) is 30.3 Å². The van der Waals surface area contributed by atoms with Gasteiger partial charge in [0.15, 0.2) is 0 Å². The maximum absolute atomic E-state index is 12.8. The van der Waals surface area contributed by atoms with Crippen LogP contribution in [0.1, 0.15) is 10.4 Å². The summed E-state index contributed by atoms with van der Waals surface area (Å²) < 4.78 is 12.8. The molecule has 0 fully saturated rings. The molecule has 2 rings (SSSR count). The summed E-state index contributed by atoms with van der Waals surface area (Å²) in [6.45, 7) is 0. The van der Waals surface area contributed by atoms with Crippen molar-refractivity contribution in [3.63, 3.8) is 0 Å². The van der Waals surface area contributed by atoms with E-state index in [0.717, 1.165) is 6.07 Å². The summed E-state index contributed by atoms with van der Waals surface area (Å²) in [7, 11) is 0. The first-order valence-electron chi connectivity index (χ1n) is 4.93. The third-order valence-corrected chi connectivity index (χ3v) is 2.20. The van der Waals surface area contributed by atoms with Crippen molar-refractivity contribution in [2.75, 3.05) is 11.1 Å². The zero-order chi connectivity index (χ0) is 12.3. The molecule has 0 bridgehead atoms. The number of amides is 1. The van der Waals surface area contributed by atoms with E-state index in [4.69, 9.17) is 5.73 Å². The molecule has 0 saturated heterocycles. The lowest BCUT2D eigenvalue weighted by atomic mass is 10.2. The van der Waals surface area contributed by atoms with Gasteiger partial charge in [0, 0.05) is 18.0 Å². The summed E-state index contributed by atoms with van der Waals surface area (Å²) in [4.78, 5) is 15.6. The molecule has 0 aliphatic carbocycles. The van der Waals surface area contributed by atoms with E-state index in [1.807, 2.05) is 0 Å². The van der Waals surface area contributed by atoms with E-state index in [0.29, 0.717) is 11.3 Å². The molecule has 0 aliphatic rings. The van der Waals surface area contributed by atoms with Crippen LogP contribution in [0.4, 0.5) is 15.8 Å². The fourth-order valence-electron chi connectivity index (χ4n) is 1.35. The van der Waals surface area contributed by atoms with Crippen LogP contribution in [0.15, 0.2) is 42.7 Å². The third kappa shape index (κ3) is 2.57. The molecule has 0 saturated carbocycles. The summed E-state index contributed by atoms with van der Waals surface area (Å²) >= 11 is 0. The van der Waals surface area contributed by atoms with Crippen LogP contribution in [0.25, 0.3) is 0 Å². The number of halogens is 1. The summed E-state index contributed by atoms with van der Waals surface area (Å²) in [5.41, 5.74) is 6.61. The maximum atomic E-state index is 12.8. The molecular weight excluding hydrogens is 221 g/mol. The highest BCUT2D eigenvalue weighted by Crippen LogP contribution is 2.19. The van der Waals surface area contributed by atoms with Crippen molar-refractivity contribution in [2.24, 2.45) is 0 Å². The van der Waals surface area contributed by atoms with Crippen LogP contribution < -0.4 is 11.1 Å². The molecule has 0 radical (unpaired) electrons. The minimum Gasteiger partial charge on any atom is -0.397 e. The van der Waals surface area contributed by atoms with E-state index in [-0.39, 0.29) is 11.6 Å². The predicted octanol–water partition coefficient (Wildman–Crippen LogP) is 2.06. The van der Waals surface area contributed by atoms with Crippen molar-refractivity contribution in [2.45, 2.75) is 0 Å². The van der Waals surface area contributed by atoms with Crippen LogP contribution >= 0.6 is 0 Å². The number of carbonyl (C=O) groups is 1. The average Bonchev–Trinajstić information content (AvgIpc) is 2.34. The first-order valence-corrected chi connectivity index (χ1v) is 4.93. The van der Waals surface area contributed by atoms with Gasteiger partial charge in [0.2, 0.25) is 0 Å². The van der Waals surface area contributed by atoms with Gasteiger partial charge < -0.3 is 11.1 Å². The fourth-order valence-corrected chi connectivity index (χ4v) is 1.35. The molecule has 0 unspecified atom stereocenters. The van der Waals surface area contributed by atoms with Gasteiger partial charge in [-0.2, -0.15) is 0 Å².